The van der Waals surface area contributed by atoms with Crippen molar-refractivity contribution in [2.75, 3.05) is 11.1 Å². The highest BCUT2D eigenvalue weighted by molar-refractivity contribution is 7.87. The summed E-state index contributed by atoms with van der Waals surface area (Å²) >= 11 is 0. The summed E-state index contributed by atoms with van der Waals surface area (Å²) in [4.78, 5) is 10.6. The zero-order chi connectivity index (χ0) is 18.8. The molecule has 1 amide bonds. The number of nitrogen functional groups attached to an aromatic ring is 1. The van der Waals surface area contributed by atoms with Crippen LogP contribution in [0.1, 0.15) is 12.5 Å². The van der Waals surface area contributed by atoms with Crippen LogP contribution in [0.15, 0.2) is 47.4 Å². The summed E-state index contributed by atoms with van der Waals surface area (Å²) in [7, 11) is -4.40. The fourth-order valence-corrected chi connectivity index (χ4v) is 2.86. The van der Waals surface area contributed by atoms with E-state index in [4.69, 9.17) is 9.92 Å². The monoisotopic (exact) mass is 374 g/mol. The topological polar surface area (TPSA) is 98.5 Å². The minimum Gasteiger partial charge on any atom is -0.397 e. The number of nitrogens with one attached hydrogen (secondary N) is 1. The molecule has 0 fully saturated rings. The van der Waals surface area contributed by atoms with E-state index in [0.29, 0.717) is 6.07 Å². The van der Waals surface area contributed by atoms with Gasteiger partial charge in [-0.3, -0.25) is 4.79 Å². The first-order chi connectivity index (χ1) is 11.5. The molecule has 2 rings (SSSR count). The van der Waals surface area contributed by atoms with E-state index in [1.54, 1.807) is 0 Å². The van der Waals surface area contributed by atoms with Gasteiger partial charge in [-0.25, -0.2) is 0 Å². The van der Waals surface area contributed by atoms with Crippen molar-refractivity contribution in [1.82, 2.24) is 0 Å². The number of anilines is 2. The van der Waals surface area contributed by atoms with Gasteiger partial charge in [-0.05, 0) is 36.4 Å². The quantitative estimate of drug-likeness (QED) is 0.633. The van der Waals surface area contributed by atoms with Gasteiger partial charge in [-0.2, -0.15) is 21.6 Å². The lowest BCUT2D eigenvalue weighted by Gasteiger charge is -2.12. The molecule has 0 saturated heterocycles. The van der Waals surface area contributed by atoms with Gasteiger partial charge in [-0.1, -0.05) is 6.07 Å². The highest BCUT2D eigenvalue weighted by atomic mass is 32.2. The van der Waals surface area contributed by atoms with Crippen LogP contribution in [0.2, 0.25) is 0 Å². The van der Waals surface area contributed by atoms with Crippen molar-refractivity contribution in [2.24, 2.45) is 0 Å². The highest BCUT2D eigenvalue weighted by Gasteiger charge is 2.31. The van der Waals surface area contributed by atoms with Crippen LogP contribution >= 0.6 is 0 Å². The molecule has 0 saturated carbocycles. The number of amides is 1. The van der Waals surface area contributed by atoms with Crippen molar-refractivity contribution in [3.8, 4) is 5.75 Å². The molecule has 6 nitrogen and oxygen atoms in total. The van der Waals surface area contributed by atoms with Crippen molar-refractivity contribution < 1.29 is 30.6 Å². The zero-order valence-corrected chi connectivity index (χ0v) is 13.6. The second-order valence-electron chi connectivity index (χ2n) is 4.99. The number of hydrogen-bond donors (Lipinski definition) is 2. The second-order valence-corrected chi connectivity index (χ2v) is 6.54. The molecule has 0 radical (unpaired) electrons. The Hall–Kier alpha value is -2.75. The highest BCUT2D eigenvalue weighted by Crippen LogP contribution is 2.32. The predicted octanol–water partition coefficient (Wildman–Crippen LogP) is 3.01. The first-order valence-corrected chi connectivity index (χ1v) is 8.19. The molecular weight excluding hydrogens is 361 g/mol. The molecule has 25 heavy (non-hydrogen) atoms. The third-order valence-electron chi connectivity index (χ3n) is 2.99. The average molecular weight is 374 g/mol. The van der Waals surface area contributed by atoms with Crippen LogP contribution in [0, 0.1) is 0 Å². The lowest BCUT2D eigenvalue weighted by molar-refractivity contribution is -0.137. The molecule has 2 aromatic carbocycles. The van der Waals surface area contributed by atoms with Crippen LogP contribution in [0.3, 0.4) is 0 Å². The van der Waals surface area contributed by atoms with Gasteiger partial charge in [0.15, 0.2) is 0 Å². The maximum absolute atomic E-state index is 12.7. The molecule has 134 valence electrons. The normalized spacial score (nSPS) is 11.8. The minimum atomic E-state index is -4.63. The van der Waals surface area contributed by atoms with E-state index in [0.717, 1.165) is 30.3 Å². The Labute approximate surface area is 141 Å². The Morgan fingerprint density at radius 2 is 1.84 bits per heavy atom. The van der Waals surface area contributed by atoms with Crippen LogP contribution in [-0.2, 0) is 21.1 Å². The summed E-state index contributed by atoms with van der Waals surface area (Å²) in [5.41, 5.74) is 4.78. The van der Waals surface area contributed by atoms with E-state index < -0.39 is 33.5 Å². The van der Waals surface area contributed by atoms with Crippen LogP contribution in [0.25, 0.3) is 0 Å². The van der Waals surface area contributed by atoms with E-state index in [-0.39, 0.29) is 16.3 Å². The zero-order valence-electron chi connectivity index (χ0n) is 12.8. The fourth-order valence-electron chi connectivity index (χ4n) is 1.90. The molecule has 10 heteroatoms. The van der Waals surface area contributed by atoms with Crippen LogP contribution < -0.4 is 15.2 Å². The molecule has 3 N–H and O–H groups in total. The number of benzene rings is 2. The van der Waals surface area contributed by atoms with Crippen molar-refractivity contribution in [3.63, 3.8) is 0 Å². The Balaban J connectivity index is 2.31. The van der Waals surface area contributed by atoms with Gasteiger partial charge in [0.05, 0.1) is 16.9 Å². The molecule has 0 aliphatic carbocycles. The summed E-state index contributed by atoms with van der Waals surface area (Å²) in [5, 5.41) is 2.40. The SMILES string of the molecule is CC(=O)Nc1ccc(S(=O)(=O)Oc2cccc(C(F)(F)F)c2)cc1N. The average Bonchev–Trinajstić information content (AvgIpc) is 2.47. The predicted molar refractivity (Wildman–Crippen MR) is 84.4 cm³/mol. The van der Waals surface area contributed by atoms with E-state index in [2.05, 4.69) is 5.32 Å². The minimum absolute atomic E-state index is 0.0380. The molecule has 0 unspecified atom stereocenters. The van der Waals surface area contributed by atoms with Crippen molar-refractivity contribution >= 4 is 27.4 Å². The van der Waals surface area contributed by atoms with E-state index in [9.17, 15) is 26.4 Å². The molecular formula is C15H13F3N2O4S. The first-order valence-electron chi connectivity index (χ1n) is 6.78. The van der Waals surface area contributed by atoms with Crippen molar-refractivity contribution in [3.05, 3.63) is 48.0 Å². The van der Waals surface area contributed by atoms with E-state index in [1.807, 2.05) is 0 Å². The second kappa shape index (κ2) is 6.63. The first kappa shape index (κ1) is 18.6. The summed E-state index contributed by atoms with van der Waals surface area (Å²) in [6.45, 7) is 1.25. The van der Waals surface area contributed by atoms with Crippen molar-refractivity contribution in [1.29, 1.82) is 0 Å². The van der Waals surface area contributed by atoms with Crippen LogP contribution in [0.5, 0.6) is 5.75 Å². The molecule has 0 aliphatic heterocycles. The number of halogens is 3. The van der Waals surface area contributed by atoms with Gasteiger partial charge in [0.1, 0.15) is 10.6 Å². The summed E-state index contributed by atoms with van der Waals surface area (Å²) in [6.07, 6.45) is -4.63. The third kappa shape index (κ3) is 4.63. The largest absolute Gasteiger partial charge is 0.416 e. The number of carbonyl (C=O) groups excluding carboxylic acids is 1. The van der Waals surface area contributed by atoms with E-state index >= 15 is 0 Å². The van der Waals surface area contributed by atoms with Gasteiger partial charge in [0.2, 0.25) is 5.91 Å². The smallest absolute Gasteiger partial charge is 0.397 e. The summed E-state index contributed by atoms with van der Waals surface area (Å²) in [5.74, 6) is -0.887. The molecule has 0 atom stereocenters. The standard InChI is InChI=1S/C15H13F3N2O4S/c1-9(21)20-14-6-5-12(8-13(14)19)25(22,23)24-11-4-2-3-10(7-11)15(16,17)18/h2-8H,19H2,1H3,(H,20,21). The molecule has 2 aromatic rings. The molecule has 0 aromatic heterocycles. The Bertz CT molecular complexity index is 911. The van der Waals surface area contributed by atoms with Crippen LogP contribution in [0.4, 0.5) is 24.5 Å². The number of alkyl halides is 3. The molecule has 0 aliphatic rings. The summed E-state index contributed by atoms with van der Waals surface area (Å²) < 4.78 is 67.1. The molecule has 0 bridgehead atoms. The van der Waals surface area contributed by atoms with Gasteiger partial charge in [-0.15, -0.1) is 0 Å². The van der Waals surface area contributed by atoms with E-state index in [1.165, 1.54) is 13.0 Å². The van der Waals surface area contributed by atoms with Gasteiger partial charge in [0.25, 0.3) is 0 Å². The Kier molecular flexibility index (Phi) is 4.93. The molecule has 0 spiro atoms. The third-order valence-corrected chi connectivity index (χ3v) is 4.23. The lowest BCUT2D eigenvalue weighted by Crippen LogP contribution is -2.13. The molecule has 0 heterocycles. The van der Waals surface area contributed by atoms with Gasteiger partial charge in [0, 0.05) is 6.92 Å². The number of hydrogen-bond acceptors (Lipinski definition) is 5. The number of nitrogens with two attached hydrogens (primary N) is 1. The lowest BCUT2D eigenvalue weighted by atomic mass is 10.2. The van der Waals surface area contributed by atoms with Crippen molar-refractivity contribution in [2.45, 2.75) is 18.0 Å². The summed E-state index contributed by atoms with van der Waals surface area (Å²) in [6, 6.07) is 6.88. The Morgan fingerprint density at radius 1 is 1.16 bits per heavy atom. The maximum Gasteiger partial charge on any atom is 0.416 e. The van der Waals surface area contributed by atoms with Crippen LogP contribution in [-0.4, -0.2) is 14.3 Å². The maximum atomic E-state index is 12.7. The Morgan fingerprint density at radius 3 is 2.40 bits per heavy atom. The number of carbonyl (C=O) groups is 1. The van der Waals surface area contributed by atoms with Gasteiger partial charge >= 0.3 is 16.3 Å². The number of rotatable bonds is 4. The fraction of sp³-hybridized carbons (Fsp3) is 0.133. The van der Waals surface area contributed by atoms with Gasteiger partial charge < -0.3 is 15.2 Å².